The van der Waals surface area contributed by atoms with Gasteiger partial charge in [-0.25, -0.2) is 14.2 Å². The Morgan fingerprint density at radius 3 is 2.21 bits per heavy atom. The van der Waals surface area contributed by atoms with Gasteiger partial charge in [0.05, 0.1) is 18.3 Å². The molecule has 2 N–H and O–H groups in total. The standard InChI is InChI=1S/C25H26FN3O2.C2HF3O2/c1-31-21-6-5-18(11-19(21)26)22-20-4-2-3-7-29(20)23(27-22)24(30)28-25-12-15-8-16(13-25)10-17(9-15)14-25;3-2(4,5)1(6)7/h2-7,11,15-17H,8-10,12-14H2,1H3,(H,28,30);(H,6,7). The first-order valence-corrected chi connectivity index (χ1v) is 12.4. The van der Waals surface area contributed by atoms with Gasteiger partial charge >= 0.3 is 12.1 Å². The van der Waals surface area contributed by atoms with Crippen LogP contribution in [0.1, 0.15) is 49.1 Å². The third-order valence-electron chi connectivity index (χ3n) is 7.84. The van der Waals surface area contributed by atoms with E-state index in [4.69, 9.17) is 19.6 Å². The number of hydrogen-bond acceptors (Lipinski definition) is 4. The van der Waals surface area contributed by atoms with E-state index in [1.807, 2.05) is 28.8 Å². The molecule has 4 fully saturated rings. The average molecular weight is 534 g/mol. The van der Waals surface area contributed by atoms with Gasteiger partial charge < -0.3 is 15.2 Å². The van der Waals surface area contributed by atoms with Crippen molar-refractivity contribution in [1.82, 2.24) is 14.7 Å². The third kappa shape index (κ3) is 4.93. The molecule has 4 aliphatic rings. The Kier molecular flexibility index (Phi) is 6.56. The van der Waals surface area contributed by atoms with Crippen LogP contribution in [-0.2, 0) is 4.79 Å². The van der Waals surface area contributed by atoms with Crippen LogP contribution < -0.4 is 10.1 Å². The van der Waals surface area contributed by atoms with Gasteiger partial charge in [-0.3, -0.25) is 9.20 Å². The Hall–Kier alpha value is -3.63. The van der Waals surface area contributed by atoms with Crippen LogP contribution >= 0.6 is 0 Å². The van der Waals surface area contributed by atoms with Crippen molar-refractivity contribution in [3.05, 3.63) is 54.2 Å². The molecule has 2 heterocycles. The first-order valence-electron chi connectivity index (χ1n) is 12.4. The number of carbonyl (C=O) groups excluding carboxylic acids is 1. The van der Waals surface area contributed by atoms with Crippen molar-refractivity contribution in [2.45, 2.75) is 50.2 Å². The van der Waals surface area contributed by atoms with Crippen LogP contribution in [0, 0.1) is 23.6 Å². The number of carbonyl (C=O) groups is 2. The smallest absolute Gasteiger partial charge is 0.490 e. The molecule has 11 heteroatoms. The van der Waals surface area contributed by atoms with Crippen molar-refractivity contribution in [2.75, 3.05) is 7.11 Å². The minimum atomic E-state index is -5.08. The van der Waals surface area contributed by atoms with Crippen LogP contribution in [0.2, 0.25) is 0 Å². The zero-order valence-electron chi connectivity index (χ0n) is 20.6. The first-order chi connectivity index (χ1) is 18.0. The topological polar surface area (TPSA) is 92.9 Å². The van der Waals surface area contributed by atoms with Gasteiger partial charge in [-0.05, 0) is 86.6 Å². The molecule has 0 saturated heterocycles. The highest BCUT2D eigenvalue weighted by Gasteiger charge is 2.51. The van der Waals surface area contributed by atoms with Crippen LogP contribution in [0.25, 0.3) is 16.8 Å². The van der Waals surface area contributed by atoms with Crippen LogP contribution in [-0.4, -0.2) is 45.2 Å². The summed E-state index contributed by atoms with van der Waals surface area (Å²) >= 11 is 0. The number of fused-ring (bicyclic) bond motifs is 1. The lowest BCUT2D eigenvalue weighted by Crippen LogP contribution is -2.60. The monoisotopic (exact) mass is 533 g/mol. The summed E-state index contributed by atoms with van der Waals surface area (Å²) in [7, 11) is 1.44. The number of aromatic nitrogens is 2. The highest BCUT2D eigenvalue weighted by atomic mass is 19.4. The number of carboxylic acid groups (broad SMARTS) is 1. The van der Waals surface area contributed by atoms with Gasteiger partial charge in [0.15, 0.2) is 11.6 Å². The first kappa shape index (κ1) is 26.0. The van der Waals surface area contributed by atoms with E-state index in [0.29, 0.717) is 17.1 Å². The van der Waals surface area contributed by atoms with E-state index in [-0.39, 0.29) is 17.2 Å². The molecule has 0 unspecified atom stereocenters. The largest absolute Gasteiger partial charge is 0.494 e. The second-order valence-corrected chi connectivity index (χ2v) is 10.5. The van der Waals surface area contributed by atoms with Gasteiger partial charge in [0, 0.05) is 17.3 Å². The molecule has 4 saturated carbocycles. The Morgan fingerprint density at radius 2 is 1.68 bits per heavy atom. The summed E-state index contributed by atoms with van der Waals surface area (Å²) in [6.45, 7) is 0. The fraction of sp³-hybridized carbons (Fsp3) is 0.444. The zero-order chi connectivity index (χ0) is 27.2. The Balaban J connectivity index is 0.000000374. The summed E-state index contributed by atoms with van der Waals surface area (Å²) in [5.74, 6) is -0.540. The quantitative estimate of drug-likeness (QED) is 0.434. The maximum Gasteiger partial charge on any atom is 0.490 e. The molecule has 4 aliphatic carbocycles. The van der Waals surface area contributed by atoms with Gasteiger partial charge in [0.25, 0.3) is 5.91 Å². The molecule has 38 heavy (non-hydrogen) atoms. The highest BCUT2D eigenvalue weighted by Crippen LogP contribution is 2.55. The molecule has 7 rings (SSSR count). The van der Waals surface area contributed by atoms with Crippen molar-refractivity contribution in [1.29, 1.82) is 0 Å². The second kappa shape index (κ2) is 9.59. The molecule has 0 aliphatic heterocycles. The summed E-state index contributed by atoms with van der Waals surface area (Å²) in [5.41, 5.74) is 1.91. The fourth-order valence-corrected chi connectivity index (χ4v) is 6.78. The lowest BCUT2D eigenvalue weighted by atomic mass is 9.53. The summed E-state index contributed by atoms with van der Waals surface area (Å²) in [5, 5.41) is 10.5. The Bertz CT molecular complexity index is 1350. The maximum absolute atomic E-state index is 14.4. The van der Waals surface area contributed by atoms with Gasteiger partial charge in [-0.1, -0.05) is 6.07 Å². The van der Waals surface area contributed by atoms with E-state index in [9.17, 15) is 22.4 Å². The molecule has 7 nitrogen and oxygen atoms in total. The number of methoxy groups -OCH3 is 1. The van der Waals surface area contributed by atoms with E-state index in [1.165, 1.54) is 32.4 Å². The van der Waals surface area contributed by atoms with E-state index in [2.05, 4.69) is 5.32 Å². The number of rotatable bonds is 4. The van der Waals surface area contributed by atoms with Crippen LogP contribution in [0.15, 0.2) is 42.6 Å². The van der Waals surface area contributed by atoms with Crippen molar-refractivity contribution >= 4 is 17.4 Å². The molecule has 0 spiro atoms. The molecule has 1 aromatic carbocycles. The van der Waals surface area contributed by atoms with Crippen molar-refractivity contribution in [3.63, 3.8) is 0 Å². The lowest BCUT2D eigenvalue weighted by Gasteiger charge is -2.56. The van der Waals surface area contributed by atoms with E-state index < -0.39 is 18.0 Å². The number of halogens is 4. The maximum atomic E-state index is 14.4. The molecule has 0 atom stereocenters. The van der Waals surface area contributed by atoms with Crippen LogP contribution in [0.3, 0.4) is 0 Å². The molecule has 1 amide bonds. The number of aliphatic carboxylic acids is 1. The highest BCUT2D eigenvalue weighted by molar-refractivity contribution is 5.95. The van der Waals surface area contributed by atoms with E-state index in [0.717, 1.165) is 42.5 Å². The van der Waals surface area contributed by atoms with E-state index in [1.54, 1.807) is 12.1 Å². The van der Waals surface area contributed by atoms with Crippen LogP contribution in [0.4, 0.5) is 17.6 Å². The summed E-state index contributed by atoms with van der Waals surface area (Å²) in [4.78, 5) is 27.1. The zero-order valence-corrected chi connectivity index (χ0v) is 20.6. The number of nitrogens with zero attached hydrogens (tertiary/aromatic N) is 2. The third-order valence-corrected chi connectivity index (χ3v) is 7.84. The van der Waals surface area contributed by atoms with Gasteiger partial charge in [0.2, 0.25) is 5.82 Å². The minimum Gasteiger partial charge on any atom is -0.494 e. The number of nitrogens with one attached hydrogen (secondary N) is 1. The number of imidazole rings is 1. The van der Waals surface area contributed by atoms with Crippen molar-refractivity contribution < 1.29 is 37.0 Å². The Labute approximate surface area is 215 Å². The molecule has 4 bridgehead atoms. The van der Waals surface area contributed by atoms with Crippen LogP contribution in [0.5, 0.6) is 5.75 Å². The molecule has 2 aromatic heterocycles. The summed E-state index contributed by atoms with van der Waals surface area (Å²) in [6.07, 6.45) is 4.01. The molecule has 202 valence electrons. The van der Waals surface area contributed by atoms with Gasteiger partial charge in [-0.15, -0.1) is 0 Å². The van der Waals surface area contributed by atoms with E-state index >= 15 is 0 Å². The van der Waals surface area contributed by atoms with Crippen molar-refractivity contribution in [2.24, 2.45) is 17.8 Å². The molecular formula is C27H27F4N3O4. The number of benzene rings is 1. The minimum absolute atomic E-state index is 0.0845. The number of hydrogen-bond donors (Lipinski definition) is 2. The number of amides is 1. The number of pyridine rings is 1. The molecular weight excluding hydrogens is 506 g/mol. The van der Waals surface area contributed by atoms with Gasteiger partial charge in [0.1, 0.15) is 0 Å². The fourth-order valence-electron chi connectivity index (χ4n) is 6.78. The van der Waals surface area contributed by atoms with Crippen molar-refractivity contribution in [3.8, 4) is 17.0 Å². The second-order valence-electron chi connectivity index (χ2n) is 10.5. The predicted molar refractivity (Wildman–Crippen MR) is 129 cm³/mol. The average Bonchev–Trinajstić information content (AvgIpc) is 3.23. The Morgan fingerprint density at radius 1 is 1.08 bits per heavy atom. The number of carboxylic acids is 1. The number of alkyl halides is 3. The molecule has 0 radical (unpaired) electrons. The predicted octanol–water partition coefficient (Wildman–Crippen LogP) is 5.48. The number of ether oxygens (including phenoxy) is 1. The lowest BCUT2D eigenvalue weighted by molar-refractivity contribution is -0.192. The SMILES string of the molecule is COc1ccc(-c2nc(C(=O)NC34CC5CC(CC(C5)C3)C4)n3ccccc23)cc1F.O=C(O)C(F)(F)F. The normalized spacial score (nSPS) is 25.6. The summed E-state index contributed by atoms with van der Waals surface area (Å²) < 4.78 is 52.9. The summed E-state index contributed by atoms with van der Waals surface area (Å²) in [6, 6.07) is 10.5. The van der Waals surface area contributed by atoms with Gasteiger partial charge in [-0.2, -0.15) is 13.2 Å². The molecule has 3 aromatic rings.